The molecular formula is C15H14ClFN2O2. The Morgan fingerprint density at radius 2 is 2.14 bits per heavy atom. The van der Waals surface area contributed by atoms with Crippen LogP contribution in [0, 0.1) is 11.7 Å². The van der Waals surface area contributed by atoms with Crippen molar-refractivity contribution in [2.75, 3.05) is 0 Å². The third kappa shape index (κ3) is 3.13. The van der Waals surface area contributed by atoms with E-state index in [4.69, 9.17) is 16.1 Å². The van der Waals surface area contributed by atoms with Crippen molar-refractivity contribution in [3.8, 4) is 11.4 Å². The van der Waals surface area contributed by atoms with E-state index >= 15 is 0 Å². The van der Waals surface area contributed by atoms with Crippen molar-refractivity contribution in [2.45, 2.75) is 32.1 Å². The number of hydrogen-bond acceptors (Lipinski definition) is 4. The van der Waals surface area contributed by atoms with Crippen LogP contribution in [0.25, 0.3) is 11.4 Å². The van der Waals surface area contributed by atoms with Crippen LogP contribution in [0.3, 0.4) is 0 Å². The average Bonchev–Trinajstić information content (AvgIpc) is 3.09. The predicted molar refractivity (Wildman–Crippen MR) is 75.4 cm³/mol. The molecule has 0 N–H and O–H groups in total. The van der Waals surface area contributed by atoms with Crippen molar-refractivity contribution >= 4 is 17.4 Å². The first-order valence-corrected chi connectivity index (χ1v) is 7.32. The van der Waals surface area contributed by atoms with Crippen LogP contribution in [0.2, 0.25) is 5.02 Å². The number of hydrogen-bond donors (Lipinski definition) is 0. The first kappa shape index (κ1) is 14.2. The first-order chi connectivity index (χ1) is 10.1. The lowest BCUT2D eigenvalue weighted by Crippen LogP contribution is -2.13. The summed E-state index contributed by atoms with van der Waals surface area (Å²) in [5.74, 6) is 0.392. The quantitative estimate of drug-likeness (QED) is 0.861. The molecule has 1 aromatic carbocycles. The SMILES string of the molecule is O=C(Cc1nc(-c2ccc(F)cc2Cl)no1)C1CCCC1. The van der Waals surface area contributed by atoms with Crippen LogP contribution in [-0.2, 0) is 11.2 Å². The van der Waals surface area contributed by atoms with Crippen LogP contribution in [-0.4, -0.2) is 15.9 Å². The highest BCUT2D eigenvalue weighted by molar-refractivity contribution is 6.33. The molecule has 2 aromatic rings. The summed E-state index contributed by atoms with van der Waals surface area (Å²) in [5, 5.41) is 4.02. The Kier molecular flexibility index (Phi) is 4.01. The van der Waals surface area contributed by atoms with Crippen LogP contribution < -0.4 is 0 Å². The average molecular weight is 309 g/mol. The maximum Gasteiger partial charge on any atom is 0.234 e. The second kappa shape index (κ2) is 5.93. The molecule has 0 spiro atoms. The van der Waals surface area contributed by atoms with Crippen LogP contribution in [0.1, 0.15) is 31.6 Å². The molecule has 0 unspecified atom stereocenters. The van der Waals surface area contributed by atoms with Gasteiger partial charge in [0.2, 0.25) is 11.7 Å². The van der Waals surface area contributed by atoms with Crippen LogP contribution in [0.4, 0.5) is 4.39 Å². The number of halogens is 2. The molecule has 1 aromatic heterocycles. The smallest absolute Gasteiger partial charge is 0.234 e. The second-order valence-corrected chi connectivity index (χ2v) is 5.67. The summed E-state index contributed by atoms with van der Waals surface area (Å²) in [5.41, 5.74) is 0.487. The molecule has 0 amide bonds. The molecule has 0 bridgehead atoms. The Morgan fingerprint density at radius 1 is 1.38 bits per heavy atom. The molecule has 110 valence electrons. The van der Waals surface area contributed by atoms with Gasteiger partial charge in [0, 0.05) is 11.5 Å². The fourth-order valence-corrected chi connectivity index (χ4v) is 2.90. The van der Waals surface area contributed by atoms with Crippen LogP contribution in [0.15, 0.2) is 22.7 Å². The van der Waals surface area contributed by atoms with Crippen molar-refractivity contribution < 1.29 is 13.7 Å². The molecule has 1 aliphatic carbocycles. The summed E-state index contributed by atoms with van der Waals surface area (Å²) in [6.07, 6.45) is 4.26. The minimum absolute atomic E-state index is 0.120. The van der Waals surface area contributed by atoms with Gasteiger partial charge in [0.1, 0.15) is 11.6 Å². The third-order valence-corrected chi connectivity index (χ3v) is 4.09. The van der Waals surface area contributed by atoms with Gasteiger partial charge in [-0.25, -0.2) is 4.39 Å². The predicted octanol–water partition coefficient (Wildman–Crippen LogP) is 3.83. The monoisotopic (exact) mass is 308 g/mol. The molecule has 3 rings (SSSR count). The highest BCUT2D eigenvalue weighted by Crippen LogP contribution is 2.28. The molecule has 0 aliphatic heterocycles. The molecular weight excluding hydrogens is 295 g/mol. The Balaban J connectivity index is 1.75. The Morgan fingerprint density at radius 3 is 2.86 bits per heavy atom. The van der Waals surface area contributed by atoms with Crippen LogP contribution >= 0.6 is 11.6 Å². The molecule has 1 saturated carbocycles. The fraction of sp³-hybridized carbons (Fsp3) is 0.400. The van der Waals surface area contributed by atoms with Crippen LogP contribution in [0.5, 0.6) is 0 Å². The zero-order valence-electron chi connectivity index (χ0n) is 11.3. The highest BCUT2D eigenvalue weighted by atomic mass is 35.5. The molecule has 21 heavy (non-hydrogen) atoms. The lowest BCUT2D eigenvalue weighted by molar-refractivity contribution is -0.122. The van der Waals surface area contributed by atoms with Crippen molar-refractivity contribution in [1.29, 1.82) is 0 Å². The summed E-state index contributed by atoms with van der Waals surface area (Å²) in [4.78, 5) is 16.2. The van der Waals surface area contributed by atoms with Crippen molar-refractivity contribution in [2.24, 2.45) is 5.92 Å². The molecule has 4 nitrogen and oxygen atoms in total. The largest absolute Gasteiger partial charge is 0.338 e. The van der Waals surface area contributed by atoms with Gasteiger partial charge in [-0.1, -0.05) is 29.6 Å². The minimum atomic E-state index is -0.427. The molecule has 1 aliphatic rings. The Hall–Kier alpha value is -1.75. The molecule has 6 heteroatoms. The second-order valence-electron chi connectivity index (χ2n) is 5.26. The number of nitrogens with zero attached hydrogens (tertiary/aromatic N) is 2. The van der Waals surface area contributed by atoms with E-state index in [9.17, 15) is 9.18 Å². The number of aromatic nitrogens is 2. The summed E-state index contributed by atoms with van der Waals surface area (Å²) in [6.45, 7) is 0. The fourth-order valence-electron chi connectivity index (χ4n) is 2.65. The lowest BCUT2D eigenvalue weighted by Gasteiger charge is -2.04. The standard InChI is InChI=1S/C15H14ClFN2O2/c16-12-7-10(17)5-6-11(12)15-18-14(21-19-15)8-13(20)9-3-1-2-4-9/h5-7,9H,1-4,8H2. The van der Waals surface area contributed by atoms with Gasteiger partial charge >= 0.3 is 0 Å². The summed E-state index contributed by atoms with van der Waals surface area (Å²) < 4.78 is 18.1. The molecule has 1 heterocycles. The van der Waals surface area contributed by atoms with Gasteiger partial charge in [0.15, 0.2) is 0 Å². The van der Waals surface area contributed by atoms with Crippen molar-refractivity contribution in [1.82, 2.24) is 10.1 Å². The van der Waals surface area contributed by atoms with Gasteiger partial charge in [-0.15, -0.1) is 0 Å². The maximum absolute atomic E-state index is 13.0. The Bertz CT molecular complexity index is 665. The van der Waals surface area contributed by atoms with Gasteiger partial charge in [0.25, 0.3) is 0 Å². The number of Topliss-reactive ketones (excluding diaryl/α,β-unsaturated/α-hetero) is 1. The summed E-state index contributed by atoms with van der Waals surface area (Å²) in [6, 6.07) is 3.96. The third-order valence-electron chi connectivity index (χ3n) is 3.78. The summed E-state index contributed by atoms with van der Waals surface area (Å²) in [7, 11) is 0. The lowest BCUT2D eigenvalue weighted by atomic mass is 10.0. The normalized spacial score (nSPS) is 15.5. The van der Waals surface area contributed by atoms with E-state index in [0.29, 0.717) is 5.56 Å². The number of carbonyl (C=O) groups excluding carboxylic acids is 1. The number of carbonyl (C=O) groups is 1. The van der Waals surface area contributed by atoms with E-state index in [0.717, 1.165) is 25.7 Å². The molecule has 1 fully saturated rings. The number of rotatable bonds is 4. The van der Waals surface area contributed by atoms with Gasteiger partial charge in [0.05, 0.1) is 11.4 Å². The summed E-state index contributed by atoms with van der Waals surface area (Å²) >= 11 is 5.95. The Labute approximate surface area is 126 Å². The molecule has 0 radical (unpaired) electrons. The van der Waals surface area contributed by atoms with E-state index in [1.165, 1.54) is 18.2 Å². The van der Waals surface area contributed by atoms with Crippen molar-refractivity contribution in [3.63, 3.8) is 0 Å². The topological polar surface area (TPSA) is 56.0 Å². The van der Waals surface area contributed by atoms with Gasteiger partial charge in [-0.2, -0.15) is 4.98 Å². The molecule has 0 saturated heterocycles. The highest BCUT2D eigenvalue weighted by Gasteiger charge is 2.24. The zero-order valence-corrected chi connectivity index (χ0v) is 12.1. The van der Waals surface area contributed by atoms with Crippen molar-refractivity contribution in [3.05, 3.63) is 34.9 Å². The zero-order chi connectivity index (χ0) is 14.8. The van der Waals surface area contributed by atoms with E-state index in [2.05, 4.69) is 10.1 Å². The van der Waals surface area contributed by atoms with Gasteiger partial charge < -0.3 is 4.52 Å². The van der Waals surface area contributed by atoms with E-state index in [1.54, 1.807) is 0 Å². The van der Waals surface area contributed by atoms with Gasteiger partial charge in [-0.05, 0) is 31.0 Å². The number of benzene rings is 1. The van der Waals surface area contributed by atoms with E-state index in [-0.39, 0.29) is 34.9 Å². The molecule has 0 atom stereocenters. The van der Waals surface area contributed by atoms with E-state index in [1.807, 2.05) is 0 Å². The van der Waals surface area contributed by atoms with Gasteiger partial charge in [-0.3, -0.25) is 4.79 Å². The number of ketones is 1. The minimum Gasteiger partial charge on any atom is -0.338 e. The van der Waals surface area contributed by atoms with E-state index < -0.39 is 5.82 Å². The first-order valence-electron chi connectivity index (χ1n) is 6.94. The maximum atomic E-state index is 13.0.